The summed E-state index contributed by atoms with van der Waals surface area (Å²) in [5.74, 6) is -0.705. The van der Waals surface area contributed by atoms with E-state index in [1.807, 2.05) is 12.1 Å². The van der Waals surface area contributed by atoms with Crippen molar-refractivity contribution in [3.05, 3.63) is 76.1 Å². The zero-order valence-electron chi connectivity index (χ0n) is 13.5. The number of nitro groups is 1. The smallest absolute Gasteiger partial charge is 0.344 e. The van der Waals surface area contributed by atoms with Crippen LogP contribution >= 0.6 is 0 Å². The lowest BCUT2D eigenvalue weighted by Crippen LogP contribution is -2.15. The Bertz CT molecular complexity index is 1020. The molecule has 3 aromatic rings. The van der Waals surface area contributed by atoms with Gasteiger partial charge in [0.15, 0.2) is 12.4 Å². The third-order valence-corrected chi connectivity index (χ3v) is 3.67. The number of nitro benzene ring substituents is 1. The maximum Gasteiger partial charge on any atom is 0.344 e. The van der Waals surface area contributed by atoms with Crippen molar-refractivity contribution in [1.82, 2.24) is 4.40 Å². The molecule has 2 aromatic heterocycles. The molecule has 8 nitrogen and oxygen atoms in total. The van der Waals surface area contributed by atoms with Crippen LogP contribution in [0.5, 0.6) is 5.75 Å². The van der Waals surface area contributed by atoms with Crippen LogP contribution in [-0.4, -0.2) is 21.9 Å². The first kappa shape index (κ1) is 17.0. The van der Waals surface area contributed by atoms with E-state index in [1.165, 1.54) is 18.2 Å². The molecule has 0 amide bonds. The fourth-order valence-corrected chi connectivity index (χ4v) is 2.48. The molecule has 0 atom stereocenters. The van der Waals surface area contributed by atoms with Gasteiger partial charge in [-0.3, -0.25) is 10.1 Å². The van der Waals surface area contributed by atoms with Crippen molar-refractivity contribution in [2.24, 2.45) is 0 Å². The Hall–Kier alpha value is -3.86. The quantitative estimate of drug-likeness (QED) is 0.384. The summed E-state index contributed by atoms with van der Waals surface area (Å²) in [6.07, 6.45) is 3.50. The van der Waals surface area contributed by atoms with Crippen molar-refractivity contribution in [2.75, 3.05) is 6.61 Å². The average molecular weight is 351 g/mol. The number of ether oxygens (including phenoxy) is 2. The third kappa shape index (κ3) is 3.47. The van der Waals surface area contributed by atoms with E-state index in [1.54, 1.807) is 28.9 Å². The van der Waals surface area contributed by atoms with Gasteiger partial charge in [0.1, 0.15) is 12.7 Å². The van der Waals surface area contributed by atoms with E-state index in [-0.39, 0.29) is 18.0 Å². The van der Waals surface area contributed by atoms with Gasteiger partial charge in [0.25, 0.3) is 0 Å². The fourth-order valence-electron chi connectivity index (χ4n) is 2.48. The van der Waals surface area contributed by atoms with Gasteiger partial charge < -0.3 is 13.9 Å². The Labute approximate surface area is 148 Å². The van der Waals surface area contributed by atoms with E-state index in [4.69, 9.17) is 9.47 Å². The van der Waals surface area contributed by atoms with Crippen LogP contribution in [-0.2, 0) is 16.1 Å². The monoisotopic (exact) mass is 351 g/mol. The summed E-state index contributed by atoms with van der Waals surface area (Å²) in [5.41, 5.74) is 1.48. The maximum absolute atomic E-state index is 11.9. The summed E-state index contributed by atoms with van der Waals surface area (Å²) in [5, 5.41) is 20.2. The van der Waals surface area contributed by atoms with Crippen molar-refractivity contribution in [1.29, 1.82) is 5.26 Å². The number of hydrogen-bond acceptors (Lipinski definition) is 6. The number of aromatic nitrogens is 1. The van der Waals surface area contributed by atoms with Gasteiger partial charge in [-0.1, -0.05) is 18.2 Å². The van der Waals surface area contributed by atoms with Crippen LogP contribution in [0.15, 0.2) is 54.9 Å². The molecule has 0 aliphatic carbocycles. The largest absolute Gasteiger partial charge is 0.475 e. The zero-order chi connectivity index (χ0) is 18.5. The molecule has 0 spiro atoms. The highest BCUT2D eigenvalue weighted by Gasteiger charge is 2.16. The van der Waals surface area contributed by atoms with Gasteiger partial charge >= 0.3 is 11.7 Å². The molecule has 0 fully saturated rings. The highest BCUT2D eigenvalue weighted by Crippen LogP contribution is 2.25. The highest BCUT2D eigenvalue weighted by atomic mass is 16.6. The number of benzene rings is 1. The lowest BCUT2D eigenvalue weighted by molar-refractivity contribution is -0.385. The van der Waals surface area contributed by atoms with Crippen LogP contribution in [0.25, 0.3) is 5.52 Å². The minimum Gasteiger partial charge on any atom is -0.475 e. The number of para-hydroxylation sites is 2. The first-order chi connectivity index (χ1) is 12.6. The zero-order valence-corrected chi connectivity index (χ0v) is 13.5. The average Bonchev–Trinajstić information content (AvgIpc) is 3.02. The Kier molecular flexibility index (Phi) is 4.80. The second kappa shape index (κ2) is 7.36. The summed E-state index contributed by atoms with van der Waals surface area (Å²) in [7, 11) is 0. The molecule has 26 heavy (non-hydrogen) atoms. The van der Waals surface area contributed by atoms with Crippen LogP contribution < -0.4 is 4.74 Å². The summed E-state index contributed by atoms with van der Waals surface area (Å²) >= 11 is 0. The molecule has 0 saturated carbocycles. The van der Waals surface area contributed by atoms with E-state index in [0.29, 0.717) is 11.1 Å². The third-order valence-electron chi connectivity index (χ3n) is 3.67. The van der Waals surface area contributed by atoms with Crippen molar-refractivity contribution in [2.45, 2.75) is 6.61 Å². The molecule has 0 unspecified atom stereocenters. The molecule has 3 rings (SSSR count). The number of hydrogen-bond donors (Lipinski definition) is 0. The molecule has 8 heteroatoms. The summed E-state index contributed by atoms with van der Waals surface area (Å²) in [6, 6.07) is 13.3. The number of rotatable bonds is 6. The van der Waals surface area contributed by atoms with Crippen LogP contribution in [0, 0.1) is 21.4 Å². The topological polar surface area (TPSA) is 107 Å². The second-order valence-corrected chi connectivity index (χ2v) is 5.31. The van der Waals surface area contributed by atoms with Crippen molar-refractivity contribution < 1.29 is 19.2 Å². The molecular formula is C18H13N3O5. The van der Waals surface area contributed by atoms with E-state index >= 15 is 0 Å². The van der Waals surface area contributed by atoms with E-state index in [9.17, 15) is 20.2 Å². The molecule has 0 radical (unpaired) electrons. The van der Waals surface area contributed by atoms with Crippen LogP contribution in [0.4, 0.5) is 5.69 Å². The number of carbonyl (C=O) groups is 1. The Morgan fingerprint density at radius 1 is 1.23 bits per heavy atom. The number of carbonyl (C=O) groups excluding carboxylic acids is 1. The number of nitriles is 1. The van der Waals surface area contributed by atoms with E-state index in [0.717, 1.165) is 5.52 Å². The molecule has 0 bridgehead atoms. The molecular weight excluding hydrogens is 338 g/mol. The lowest BCUT2D eigenvalue weighted by Gasteiger charge is -2.07. The summed E-state index contributed by atoms with van der Waals surface area (Å²) in [4.78, 5) is 22.2. The summed E-state index contributed by atoms with van der Waals surface area (Å²) in [6.45, 7) is -0.566. The van der Waals surface area contributed by atoms with Gasteiger partial charge in [-0.25, -0.2) is 4.79 Å². The van der Waals surface area contributed by atoms with E-state index < -0.39 is 17.5 Å². The van der Waals surface area contributed by atoms with Gasteiger partial charge in [-0.05, 0) is 18.2 Å². The molecule has 0 aliphatic heterocycles. The van der Waals surface area contributed by atoms with Crippen LogP contribution in [0.1, 0.15) is 11.1 Å². The normalized spacial score (nSPS) is 10.3. The predicted octanol–water partition coefficient (Wildman–Crippen LogP) is 2.84. The minimum absolute atomic E-state index is 0.0123. The van der Waals surface area contributed by atoms with Crippen molar-refractivity contribution in [3.8, 4) is 11.8 Å². The number of nitrogens with zero attached hydrogens (tertiary/aromatic N) is 3. The second-order valence-electron chi connectivity index (χ2n) is 5.31. The van der Waals surface area contributed by atoms with Crippen molar-refractivity contribution >= 4 is 17.2 Å². The van der Waals surface area contributed by atoms with Gasteiger partial charge in [0.2, 0.25) is 0 Å². The number of pyridine rings is 1. The Balaban J connectivity index is 1.64. The fraction of sp³-hybridized carbons (Fsp3) is 0.111. The minimum atomic E-state index is -0.692. The van der Waals surface area contributed by atoms with Crippen LogP contribution in [0.3, 0.4) is 0 Å². The number of fused-ring (bicyclic) bond motifs is 1. The Morgan fingerprint density at radius 3 is 2.77 bits per heavy atom. The standard InChI is InChI=1S/C18H13N3O5/c19-9-14-13(10-20-8-4-3-5-15(14)20)11-26-18(22)12-25-17-7-2-1-6-16(17)21(23)24/h1-8,10H,11-12H2. The van der Waals surface area contributed by atoms with Crippen molar-refractivity contribution in [3.63, 3.8) is 0 Å². The SMILES string of the molecule is N#Cc1c(COC(=O)COc2ccccc2[N+](=O)[O-])cn2ccccc12. The van der Waals surface area contributed by atoms with Gasteiger partial charge in [-0.15, -0.1) is 0 Å². The van der Waals surface area contributed by atoms with E-state index in [2.05, 4.69) is 6.07 Å². The number of esters is 1. The van der Waals surface area contributed by atoms with Crippen LogP contribution in [0.2, 0.25) is 0 Å². The maximum atomic E-state index is 11.9. The first-order valence-corrected chi connectivity index (χ1v) is 7.60. The first-order valence-electron chi connectivity index (χ1n) is 7.60. The molecule has 130 valence electrons. The predicted molar refractivity (Wildman–Crippen MR) is 90.5 cm³/mol. The summed E-state index contributed by atoms with van der Waals surface area (Å²) < 4.78 is 12.1. The molecule has 0 aliphatic rings. The lowest BCUT2D eigenvalue weighted by atomic mass is 10.2. The van der Waals surface area contributed by atoms with Gasteiger partial charge in [-0.2, -0.15) is 5.26 Å². The molecule has 1 aromatic carbocycles. The highest BCUT2D eigenvalue weighted by molar-refractivity contribution is 5.72. The van der Waals surface area contributed by atoms with Gasteiger partial charge in [0, 0.05) is 24.0 Å². The molecule has 0 saturated heterocycles. The Morgan fingerprint density at radius 2 is 2.00 bits per heavy atom. The van der Waals surface area contributed by atoms with Gasteiger partial charge in [0.05, 0.1) is 16.0 Å². The molecule has 0 N–H and O–H groups in total. The molecule has 2 heterocycles.